The number of H-pyrrole nitrogens is 2. The first-order valence-electron chi connectivity index (χ1n) is 33.6. The third-order valence-electron chi connectivity index (χ3n) is 17.8. The molecule has 8 heterocycles. The van der Waals surface area contributed by atoms with Gasteiger partial charge in [-0.15, -0.1) is 35.3 Å². The number of nitrogens with zero attached hydrogens (tertiary/aromatic N) is 2. The van der Waals surface area contributed by atoms with Crippen LogP contribution < -0.4 is 14.2 Å². The fraction of sp³-hybridized carbons (Fsp3) is 0.405. The SMILES string of the molecule is OC[C@H]1O[C@H](SCCOCCOc2ccc(-c3c4nc(c(-c5ccccc5)c5ccc([nH]5)c(-c5ccc(OCCOCCS[C@H]6O[C@H](CO)[C@@H](O)[C@H](O)[C@@H]6O)cc5)c5ccc([nH]5)c(-c5ccc(OCCOCCS[C@H]6O[C@H](CO)[C@@H](O)[C@H](O)[C@@H]6O)cc5)c5nc3C=C5)C=C4)cc2)[C@@H](O)[C@@H](O)[C@@H]1O. The quantitative estimate of drug-likeness (QED) is 0.0251. The van der Waals surface area contributed by atoms with Gasteiger partial charge < -0.3 is 114 Å². The molecule has 15 atom stereocenters. The van der Waals surface area contributed by atoms with E-state index in [1.807, 2.05) is 121 Å². The Hall–Kier alpha value is -6.79. The van der Waals surface area contributed by atoms with Gasteiger partial charge in [-0.2, -0.15) is 0 Å². The standard InChI is InChI=1S/C74H84N4O21S3/c79-38-56-63(82)66(85)69(88)72(97-56)100-35-32-91-26-29-94-45-12-6-42(7-13-45)60-50-20-18-48(75-50)59(41-4-2-1-3-5-41)49-19-21-51(76-49)61(43-8-14-46(15-9-43)95-30-27-92-33-36-101-73-70(89)67(86)64(83)57(39-80)98-73)53-23-25-55(78-53)62(54-24-22-52(60)77-54)44-10-16-47(17-11-44)96-31-28-93-34-37-102-74-71(90)68(87)65(84)58(40-81)99-74/h1-25,56-58,63-75,77,79-90H,26-40H2/t56-,57-,58-,63-,64-,65-,66+,67+,68+,69+,70+,71+,72-,73-,74-/m1/s1. The number of fused-ring (bicyclic) bond motifs is 8. The monoisotopic (exact) mass is 1460 g/mol. The number of aliphatic hydroxyl groups excluding tert-OH is 12. The first-order valence-corrected chi connectivity index (χ1v) is 36.8. The van der Waals surface area contributed by atoms with E-state index in [1.165, 1.54) is 35.3 Å². The Labute approximate surface area is 600 Å². The molecule has 0 saturated carbocycles. The second-order valence-electron chi connectivity index (χ2n) is 24.5. The Morgan fingerprint density at radius 1 is 0.314 bits per heavy atom. The molecular formula is C74H84N4O21S3. The van der Waals surface area contributed by atoms with Crippen molar-refractivity contribution in [2.24, 2.45) is 0 Å². The Balaban J connectivity index is 0.817. The number of ether oxygens (including phenoxy) is 9. The molecule has 4 aromatic carbocycles. The van der Waals surface area contributed by atoms with E-state index >= 15 is 0 Å². The second kappa shape index (κ2) is 35.8. The first kappa shape index (κ1) is 74.9. The molecule has 7 aromatic rings. The van der Waals surface area contributed by atoms with Crippen LogP contribution in [-0.2, 0) is 28.4 Å². The number of thioether (sulfide) groups is 3. The normalized spacial score (nSPS) is 25.6. The van der Waals surface area contributed by atoms with Crippen LogP contribution in [0.2, 0.25) is 0 Å². The Morgan fingerprint density at radius 3 is 0.941 bits per heavy atom. The summed E-state index contributed by atoms with van der Waals surface area (Å²) in [5.41, 5.74) is 10.2. The topological polar surface area (TPSA) is 383 Å². The highest BCUT2D eigenvalue weighted by Crippen LogP contribution is 2.41. The van der Waals surface area contributed by atoms with E-state index in [4.69, 9.17) is 52.6 Å². The van der Waals surface area contributed by atoms with Gasteiger partial charge in [-0.05, 0) is 107 Å². The molecule has 25 nitrogen and oxygen atoms in total. The molecule has 102 heavy (non-hydrogen) atoms. The van der Waals surface area contributed by atoms with E-state index < -0.39 is 109 Å². The van der Waals surface area contributed by atoms with Gasteiger partial charge in [-0.3, -0.25) is 0 Å². The summed E-state index contributed by atoms with van der Waals surface area (Å²) in [5, 5.41) is 121. The molecule has 0 unspecified atom stereocenters. The van der Waals surface area contributed by atoms with Crippen LogP contribution in [0.1, 0.15) is 22.8 Å². The number of aromatic nitrogens is 4. The van der Waals surface area contributed by atoms with E-state index in [0.717, 1.165) is 72.3 Å². The van der Waals surface area contributed by atoms with Crippen molar-refractivity contribution in [2.75, 3.05) is 96.5 Å². The highest BCUT2D eigenvalue weighted by Gasteiger charge is 2.46. The molecule has 3 aromatic heterocycles. The zero-order valence-corrected chi connectivity index (χ0v) is 57.8. The van der Waals surface area contributed by atoms with Crippen molar-refractivity contribution >= 4 is 81.7 Å². The highest BCUT2D eigenvalue weighted by molar-refractivity contribution is 8.00. The minimum atomic E-state index is -1.45. The lowest BCUT2D eigenvalue weighted by Gasteiger charge is -2.39. The lowest BCUT2D eigenvalue weighted by Crippen LogP contribution is -2.57. The van der Waals surface area contributed by atoms with Crippen LogP contribution >= 0.6 is 35.3 Å². The second-order valence-corrected chi connectivity index (χ2v) is 28.1. The number of benzene rings is 4. The Morgan fingerprint density at radius 2 is 0.608 bits per heavy atom. The molecule has 28 heteroatoms. The van der Waals surface area contributed by atoms with Crippen molar-refractivity contribution in [3.05, 3.63) is 150 Å². The molecule has 0 radical (unpaired) electrons. The van der Waals surface area contributed by atoms with Crippen LogP contribution in [0.4, 0.5) is 0 Å². The van der Waals surface area contributed by atoms with Gasteiger partial charge in [0.15, 0.2) is 0 Å². The van der Waals surface area contributed by atoms with Crippen LogP contribution in [0.3, 0.4) is 0 Å². The van der Waals surface area contributed by atoms with Crippen LogP contribution in [0.25, 0.3) is 90.9 Å². The predicted molar refractivity (Wildman–Crippen MR) is 388 cm³/mol. The third kappa shape index (κ3) is 17.8. The van der Waals surface area contributed by atoms with E-state index in [0.29, 0.717) is 64.8 Å². The molecule has 0 spiro atoms. The summed E-state index contributed by atoms with van der Waals surface area (Å²) < 4.78 is 52.8. The number of hydrogen-bond acceptors (Lipinski definition) is 26. The largest absolute Gasteiger partial charge is 0.491 e. The molecule has 3 fully saturated rings. The predicted octanol–water partition coefficient (Wildman–Crippen LogP) is 5.11. The molecule has 14 N–H and O–H groups in total. The molecular weight excluding hydrogens is 1380 g/mol. The van der Waals surface area contributed by atoms with Crippen molar-refractivity contribution in [3.8, 4) is 61.8 Å². The van der Waals surface area contributed by atoms with Crippen molar-refractivity contribution < 1.29 is 104 Å². The van der Waals surface area contributed by atoms with Crippen molar-refractivity contribution in [3.63, 3.8) is 0 Å². The number of aromatic amines is 2. The highest BCUT2D eigenvalue weighted by atomic mass is 32.2. The van der Waals surface area contributed by atoms with Gasteiger partial charge in [0.1, 0.15) is 127 Å². The summed E-state index contributed by atoms with van der Waals surface area (Å²) in [6.07, 6.45) is -7.55. The number of rotatable bonds is 31. The van der Waals surface area contributed by atoms with Gasteiger partial charge in [-0.25, -0.2) is 9.97 Å². The summed E-state index contributed by atoms with van der Waals surface area (Å²) in [5.74, 6) is 3.06. The van der Waals surface area contributed by atoms with Crippen LogP contribution in [0.5, 0.6) is 17.2 Å². The van der Waals surface area contributed by atoms with E-state index in [-0.39, 0.29) is 46.2 Å². The van der Waals surface area contributed by atoms with Gasteiger partial charge in [0.05, 0.1) is 82.2 Å². The maximum absolute atomic E-state index is 10.4. The number of nitrogens with one attached hydrogen (secondary N) is 2. The summed E-state index contributed by atoms with van der Waals surface area (Å²) in [6.45, 7) is 0.858. The molecule has 3 saturated heterocycles. The zero-order valence-electron chi connectivity index (χ0n) is 55.4. The minimum Gasteiger partial charge on any atom is -0.491 e. The molecule has 0 amide bonds. The average molecular weight is 1460 g/mol. The van der Waals surface area contributed by atoms with Gasteiger partial charge in [0.25, 0.3) is 0 Å². The molecule has 8 bridgehead atoms. The van der Waals surface area contributed by atoms with Gasteiger partial charge in [-0.1, -0.05) is 66.7 Å². The van der Waals surface area contributed by atoms with Gasteiger partial charge >= 0.3 is 0 Å². The van der Waals surface area contributed by atoms with Crippen molar-refractivity contribution in [1.82, 2.24) is 19.9 Å². The fourth-order valence-electron chi connectivity index (χ4n) is 12.4. The number of hydrogen-bond donors (Lipinski definition) is 14. The molecule has 12 rings (SSSR count). The zero-order chi connectivity index (χ0) is 71.2. The fourth-order valence-corrected chi connectivity index (χ4v) is 15.5. The lowest BCUT2D eigenvalue weighted by atomic mass is 10.0. The molecule has 5 aliphatic rings. The molecule has 544 valence electrons. The summed E-state index contributed by atoms with van der Waals surface area (Å²) in [4.78, 5) is 18.5. The lowest BCUT2D eigenvalue weighted by molar-refractivity contribution is -0.205. The summed E-state index contributed by atoms with van der Waals surface area (Å²) in [7, 11) is 0. The molecule has 5 aliphatic heterocycles. The van der Waals surface area contributed by atoms with Gasteiger partial charge in [0, 0.05) is 61.6 Å². The number of aliphatic hydroxyl groups is 12. The van der Waals surface area contributed by atoms with E-state index in [1.54, 1.807) is 0 Å². The summed E-state index contributed by atoms with van der Waals surface area (Å²) in [6, 6.07) is 41.6. The maximum atomic E-state index is 10.4. The summed E-state index contributed by atoms with van der Waals surface area (Å²) >= 11 is 3.64. The van der Waals surface area contributed by atoms with Crippen LogP contribution in [0, 0.1) is 0 Å². The van der Waals surface area contributed by atoms with Gasteiger partial charge in [0.2, 0.25) is 0 Å². The van der Waals surface area contributed by atoms with E-state index in [2.05, 4.69) is 40.3 Å². The van der Waals surface area contributed by atoms with Crippen LogP contribution in [0.15, 0.2) is 127 Å². The van der Waals surface area contributed by atoms with Crippen molar-refractivity contribution in [1.29, 1.82) is 0 Å². The van der Waals surface area contributed by atoms with Crippen molar-refractivity contribution in [2.45, 2.75) is 89.6 Å². The van der Waals surface area contributed by atoms with E-state index in [9.17, 15) is 61.3 Å². The molecule has 0 aliphatic carbocycles. The average Bonchev–Trinajstić information content (AvgIpc) is 1.61. The smallest absolute Gasteiger partial charge is 0.132 e. The third-order valence-corrected chi connectivity index (χ3v) is 21.2. The Kier molecular flexibility index (Phi) is 26.3. The first-order chi connectivity index (χ1) is 49.7. The van der Waals surface area contributed by atoms with Crippen LogP contribution in [-0.4, -0.2) is 267 Å². The Bertz CT molecular complexity index is 4090. The maximum Gasteiger partial charge on any atom is 0.132 e. The minimum absolute atomic E-state index is 0.231.